The van der Waals surface area contributed by atoms with E-state index in [4.69, 9.17) is 10.2 Å². The molecule has 8 heteroatoms. The summed E-state index contributed by atoms with van der Waals surface area (Å²) >= 11 is 0. The van der Waals surface area contributed by atoms with Crippen LogP contribution < -0.4 is 5.32 Å². The zero-order chi connectivity index (χ0) is 21.4. The lowest BCUT2D eigenvalue weighted by Crippen LogP contribution is -2.44. The smallest absolute Gasteiger partial charge is 0.287 e. The van der Waals surface area contributed by atoms with Gasteiger partial charge in [-0.25, -0.2) is 9.97 Å². The Morgan fingerprint density at radius 2 is 2.03 bits per heavy atom. The number of hydrogen-bond donors (Lipinski definition) is 2. The number of pyridine rings is 1. The summed E-state index contributed by atoms with van der Waals surface area (Å²) in [7, 11) is 2.12. The van der Waals surface area contributed by atoms with Crippen molar-refractivity contribution in [2.24, 2.45) is 5.92 Å². The molecule has 8 nitrogen and oxygen atoms in total. The van der Waals surface area contributed by atoms with Gasteiger partial charge in [-0.1, -0.05) is 0 Å². The van der Waals surface area contributed by atoms with Crippen LogP contribution in [0.15, 0.2) is 18.5 Å². The van der Waals surface area contributed by atoms with Crippen LogP contribution in [-0.4, -0.2) is 56.5 Å². The number of carbonyl (C=O) groups excluding carboxylic acids is 1. The van der Waals surface area contributed by atoms with Crippen LogP contribution in [0.5, 0.6) is 0 Å². The average molecular weight is 420 g/mol. The number of piperidine rings is 1. The molecule has 1 saturated carbocycles. The second-order valence-electron chi connectivity index (χ2n) is 9.13. The lowest BCUT2D eigenvalue weighted by Gasteiger charge is -2.31. The molecule has 0 aromatic carbocycles. The SMILES string of the molecule is CN1CCC(NC(=O)c2nc3cnc4[nH]ccc4c3n2[C@H]2CC[C@H](CC#N)CC2)CC1. The number of aromatic amines is 1. The third-order valence-electron chi connectivity index (χ3n) is 7.05. The number of nitriles is 1. The van der Waals surface area contributed by atoms with Crippen molar-refractivity contribution in [3.63, 3.8) is 0 Å². The van der Waals surface area contributed by atoms with Crippen LogP contribution in [0.25, 0.3) is 22.1 Å². The first-order valence-corrected chi connectivity index (χ1v) is 11.3. The number of nitrogens with one attached hydrogen (secondary N) is 2. The quantitative estimate of drug-likeness (QED) is 0.675. The number of hydrogen-bond acceptors (Lipinski definition) is 5. The van der Waals surface area contributed by atoms with Crippen molar-refractivity contribution in [1.82, 2.24) is 29.7 Å². The Balaban J connectivity index is 1.51. The Bertz CT molecular complexity index is 1120. The Morgan fingerprint density at radius 3 is 2.77 bits per heavy atom. The highest BCUT2D eigenvalue weighted by Crippen LogP contribution is 2.37. The second-order valence-corrected chi connectivity index (χ2v) is 9.13. The second kappa shape index (κ2) is 8.31. The summed E-state index contributed by atoms with van der Waals surface area (Å²) in [4.78, 5) is 28.1. The first-order chi connectivity index (χ1) is 15.1. The summed E-state index contributed by atoms with van der Waals surface area (Å²) in [5.74, 6) is 0.864. The van der Waals surface area contributed by atoms with Gasteiger partial charge in [-0.3, -0.25) is 4.79 Å². The van der Waals surface area contributed by atoms with Crippen LogP contribution in [0.2, 0.25) is 0 Å². The van der Waals surface area contributed by atoms with Crippen LogP contribution in [-0.2, 0) is 0 Å². The fraction of sp³-hybridized carbons (Fsp3) is 0.565. The highest BCUT2D eigenvalue weighted by atomic mass is 16.2. The van der Waals surface area contributed by atoms with Gasteiger partial charge in [-0.2, -0.15) is 5.26 Å². The molecule has 162 valence electrons. The molecule has 1 aliphatic heterocycles. The maximum atomic E-state index is 13.4. The van der Waals surface area contributed by atoms with Gasteiger partial charge in [0.15, 0.2) is 5.82 Å². The van der Waals surface area contributed by atoms with Crippen molar-refractivity contribution in [2.45, 2.75) is 57.0 Å². The zero-order valence-corrected chi connectivity index (χ0v) is 18.0. The molecule has 0 atom stereocenters. The average Bonchev–Trinajstić information content (AvgIpc) is 3.40. The highest BCUT2D eigenvalue weighted by Gasteiger charge is 2.30. The molecule has 31 heavy (non-hydrogen) atoms. The van der Waals surface area contributed by atoms with Crippen molar-refractivity contribution in [2.75, 3.05) is 20.1 Å². The molecule has 0 unspecified atom stereocenters. The van der Waals surface area contributed by atoms with E-state index in [0.29, 0.717) is 18.2 Å². The van der Waals surface area contributed by atoms with E-state index in [1.54, 1.807) is 6.20 Å². The number of rotatable bonds is 4. The third-order valence-corrected chi connectivity index (χ3v) is 7.05. The number of H-pyrrole nitrogens is 1. The normalized spacial score (nSPS) is 23.2. The summed E-state index contributed by atoms with van der Waals surface area (Å²) < 4.78 is 2.17. The minimum atomic E-state index is -0.0893. The summed E-state index contributed by atoms with van der Waals surface area (Å²) in [5, 5.41) is 13.3. The number of fused-ring (bicyclic) bond motifs is 3. The van der Waals surface area contributed by atoms with Gasteiger partial charge in [0.1, 0.15) is 11.2 Å². The molecule has 3 aromatic heterocycles. The Hall–Kier alpha value is -2.92. The van der Waals surface area contributed by atoms with Crippen LogP contribution in [0.4, 0.5) is 0 Å². The first-order valence-electron chi connectivity index (χ1n) is 11.3. The summed E-state index contributed by atoms with van der Waals surface area (Å²) in [6.07, 6.45) is 10.1. The largest absolute Gasteiger partial charge is 0.347 e. The molecule has 2 N–H and O–H groups in total. The number of amides is 1. The van der Waals surface area contributed by atoms with E-state index in [9.17, 15) is 4.79 Å². The lowest BCUT2D eigenvalue weighted by atomic mass is 9.84. The van der Waals surface area contributed by atoms with Crippen molar-refractivity contribution >= 4 is 28.0 Å². The maximum Gasteiger partial charge on any atom is 0.287 e. The van der Waals surface area contributed by atoms with E-state index in [-0.39, 0.29) is 18.0 Å². The zero-order valence-electron chi connectivity index (χ0n) is 18.0. The first kappa shape index (κ1) is 20.0. The summed E-state index contributed by atoms with van der Waals surface area (Å²) in [5.41, 5.74) is 2.57. The molecular weight excluding hydrogens is 390 g/mol. The van der Waals surface area contributed by atoms with Crippen LogP contribution in [0.3, 0.4) is 0 Å². The van der Waals surface area contributed by atoms with Crippen molar-refractivity contribution in [3.8, 4) is 6.07 Å². The van der Waals surface area contributed by atoms with E-state index in [1.165, 1.54) is 0 Å². The minimum absolute atomic E-state index is 0.0893. The molecule has 4 heterocycles. The molecular formula is C23H29N7O. The molecule has 1 saturated heterocycles. The van der Waals surface area contributed by atoms with Gasteiger partial charge < -0.3 is 19.8 Å². The molecule has 1 aliphatic carbocycles. The van der Waals surface area contributed by atoms with Gasteiger partial charge in [-0.15, -0.1) is 0 Å². The standard InChI is InChI=1S/C23H29N7O/c1-29-12-8-16(9-13-29)27-23(31)22-28-19-14-26-21-18(7-11-25-21)20(19)30(22)17-4-2-15(3-5-17)6-10-24/h7,11,14-17H,2-6,8-9,12-13H2,1H3,(H,25,26)(H,27,31)/t15-,17-. The predicted molar refractivity (Wildman–Crippen MR) is 119 cm³/mol. The summed E-state index contributed by atoms with van der Waals surface area (Å²) in [6.45, 7) is 2.00. The number of likely N-dealkylation sites (tertiary alicyclic amines) is 1. The van der Waals surface area contributed by atoms with Crippen molar-refractivity contribution in [3.05, 3.63) is 24.3 Å². The lowest BCUT2D eigenvalue weighted by molar-refractivity contribution is 0.0897. The highest BCUT2D eigenvalue weighted by molar-refractivity contribution is 6.04. The van der Waals surface area contributed by atoms with Gasteiger partial charge in [0.25, 0.3) is 5.91 Å². The molecule has 2 fully saturated rings. The van der Waals surface area contributed by atoms with Crippen molar-refractivity contribution < 1.29 is 4.79 Å². The number of carbonyl (C=O) groups is 1. The number of imidazole rings is 1. The van der Waals surface area contributed by atoms with E-state index in [1.807, 2.05) is 12.3 Å². The Labute approximate surface area is 181 Å². The molecule has 0 spiro atoms. The van der Waals surface area contributed by atoms with Crippen LogP contribution in [0.1, 0.15) is 61.6 Å². The van der Waals surface area contributed by atoms with Gasteiger partial charge in [-0.05, 0) is 70.6 Å². The van der Waals surface area contributed by atoms with Crippen LogP contribution in [0, 0.1) is 17.2 Å². The van der Waals surface area contributed by atoms with Crippen LogP contribution >= 0.6 is 0 Å². The molecule has 2 aliphatic rings. The van der Waals surface area contributed by atoms with E-state index >= 15 is 0 Å². The Kier molecular flexibility index (Phi) is 5.36. The van der Waals surface area contributed by atoms with E-state index < -0.39 is 0 Å². The third kappa shape index (κ3) is 3.79. The van der Waals surface area contributed by atoms with E-state index in [0.717, 1.165) is 73.7 Å². The molecule has 1 amide bonds. The predicted octanol–water partition coefficient (Wildman–Crippen LogP) is 3.38. The topological polar surface area (TPSA) is 103 Å². The molecule has 5 rings (SSSR count). The van der Waals surface area contributed by atoms with Gasteiger partial charge in [0.2, 0.25) is 0 Å². The Morgan fingerprint density at radius 1 is 1.26 bits per heavy atom. The fourth-order valence-electron chi connectivity index (χ4n) is 5.25. The van der Waals surface area contributed by atoms with Gasteiger partial charge in [0, 0.05) is 30.1 Å². The molecule has 0 radical (unpaired) electrons. The van der Waals surface area contributed by atoms with Crippen molar-refractivity contribution in [1.29, 1.82) is 5.26 Å². The number of nitrogens with zero attached hydrogens (tertiary/aromatic N) is 5. The van der Waals surface area contributed by atoms with Gasteiger partial charge >= 0.3 is 0 Å². The van der Waals surface area contributed by atoms with E-state index in [2.05, 4.69) is 37.9 Å². The molecule has 3 aromatic rings. The monoisotopic (exact) mass is 419 g/mol. The van der Waals surface area contributed by atoms with Gasteiger partial charge in [0.05, 0.1) is 17.8 Å². The fourth-order valence-corrected chi connectivity index (χ4v) is 5.25. The maximum absolute atomic E-state index is 13.4. The summed E-state index contributed by atoms with van der Waals surface area (Å²) in [6, 6.07) is 4.73. The number of aromatic nitrogens is 4. The minimum Gasteiger partial charge on any atom is -0.347 e. The molecule has 0 bridgehead atoms.